The summed E-state index contributed by atoms with van der Waals surface area (Å²) in [5.41, 5.74) is 1.43. The predicted octanol–water partition coefficient (Wildman–Crippen LogP) is 1.04. The summed E-state index contributed by atoms with van der Waals surface area (Å²) in [5.74, 6) is 0.397. The molecule has 86 valence electrons. The van der Waals surface area contributed by atoms with E-state index in [9.17, 15) is 0 Å². The molecule has 0 amide bonds. The Morgan fingerprint density at radius 1 is 1.29 bits per heavy atom. The van der Waals surface area contributed by atoms with Crippen molar-refractivity contribution in [3.63, 3.8) is 0 Å². The molecule has 0 radical (unpaired) electrons. The van der Waals surface area contributed by atoms with E-state index in [0.717, 1.165) is 5.52 Å². The zero-order chi connectivity index (χ0) is 11.8. The molecule has 1 aromatic carbocycles. The van der Waals surface area contributed by atoms with Gasteiger partial charge in [0.25, 0.3) is 5.89 Å². The number of fused-ring (bicyclic) bond motifs is 1. The Bertz CT molecular complexity index is 545. The lowest BCUT2D eigenvalue weighted by atomic mass is 9.74. The monoisotopic (exact) mass is 231 g/mol. The summed E-state index contributed by atoms with van der Waals surface area (Å²) in [6, 6.07) is 7.40. The van der Waals surface area contributed by atoms with E-state index in [2.05, 4.69) is 4.98 Å². The van der Waals surface area contributed by atoms with Gasteiger partial charge in [-0.15, -0.1) is 0 Å². The first-order chi connectivity index (χ1) is 8.24. The molecular formula is C11H10BNO4. The van der Waals surface area contributed by atoms with Gasteiger partial charge in [0.1, 0.15) is 5.52 Å². The van der Waals surface area contributed by atoms with E-state index >= 15 is 0 Å². The lowest BCUT2D eigenvalue weighted by molar-refractivity contribution is 0.280. The van der Waals surface area contributed by atoms with Crippen LogP contribution in [0.2, 0.25) is 5.82 Å². The molecule has 2 N–H and O–H groups in total. The Labute approximate surface area is 97.5 Å². The molecule has 1 unspecified atom stereocenters. The van der Waals surface area contributed by atoms with Gasteiger partial charge in [0, 0.05) is 5.82 Å². The summed E-state index contributed by atoms with van der Waals surface area (Å²) in [4.78, 5) is 4.27. The van der Waals surface area contributed by atoms with E-state index in [4.69, 9.17) is 19.2 Å². The van der Waals surface area contributed by atoms with E-state index in [1.165, 1.54) is 0 Å². The Morgan fingerprint density at radius 3 is 2.82 bits per heavy atom. The van der Waals surface area contributed by atoms with Crippen LogP contribution in [-0.2, 0) is 4.74 Å². The van der Waals surface area contributed by atoms with Crippen LogP contribution in [0.25, 0.3) is 16.9 Å². The van der Waals surface area contributed by atoms with Crippen LogP contribution in [0, 0.1) is 0 Å². The molecule has 3 rings (SSSR count). The second-order valence-electron chi connectivity index (χ2n) is 3.91. The van der Waals surface area contributed by atoms with Gasteiger partial charge >= 0.3 is 7.12 Å². The minimum Gasteiger partial charge on any atom is -0.488 e. The molecule has 6 heteroatoms. The second-order valence-corrected chi connectivity index (χ2v) is 3.91. The Kier molecular flexibility index (Phi) is 2.38. The fraction of sp³-hybridized carbons (Fsp3) is 0.182. The van der Waals surface area contributed by atoms with Crippen molar-refractivity contribution in [2.45, 2.75) is 5.82 Å². The molecule has 1 aliphatic heterocycles. The van der Waals surface area contributed by atoms with Crippen molar-refractivity contribution < 1.29 is 19.2 Å². The van der Waals surface area contributed by atoms with Crippen molar-refractivity contribution in [1.29, 1.82) is 0 Å². The number of para-hydroxylation sites is 2. The smallest absolute Gasteiger partial charge is 0.462 e. The highest BCUT2D eigenvalue weighted by atomic mass is 16.5. The highest BCUT2D eigenvalue weighted by Gasteiger charge is 2.30. The molecule has 2 aromatic rings. The summed E-state index contributed by atoms with van der Waals surface area (Å²) in [6.45, 7) is 0.228. The standard InChI is InChI=1S/C11H10BNO4/c14-12(15)7-5-10(16-6-7)11-13-8-3-1-2-4-9(8)17-11/h1-5,7,14-15H,6H2. The van der Waals surface area contributed by atoms with E-state index in [1.807, 2.05) is 24.3 Å². The van der Waals surface area contributed by atoms with Gasteiger partial charge < -0.3 is 19.2 Å². The lowest BCUT2D eigenvalue weighted by Crippen LogP contribution is -2.19. The van der Waals surface area contributed by atoms with Crippen LogP contribution in [0.15, 0.2) is 34.8 Å². The number of nitrogens with zero attached hydrogens (tertiary/aromatic N) is 1. The number of rotatable bonds is 2. The fourth-order valence-corrected chi connectivity index (χ4v) is 1.76. The normalized spacial score (nSPS) is 19.2. The average Bonchev–Trinajstić information content (AvgIpc) is 2.95. The minimum absolute atomic E-state index is 0.228. The van der Waals surface area contributed by atoms with Crippen LogP contribution in [-0.4, -0.2) is 28.8 Å². The van der Waals surface area contributed by atoms with E-state index in [-0.39, 0.29) is 6.61 Å². The van der Waals surface area contributed by atoms with E-state index in [1.54, 1.807) is 6.08 Å². The molecule has 0 aliphatic carbocycles. The summed E-state index contributed by atoms with van der Waals surface area (Å²) < 4.78 is 10.8. The van der Waals surface area contributed by atoms with Gasteiger partial charge in [-0.05, 0) is 18.2 Å². The highest BCUT2D eigenvalue weighted by molar-refractivity contribution is 6.44. The zero-order valence-corrected chi connectivity index (χ0v) is 8.91. The summed E-state index contributed by atoms with van der Waals surface area (Å²) in [5, 5.41) is 18.1. The molecule has 5 nitrogen and oxygen atoms in total. The fourth-order valence-electron chi connectivity index (χ4n) is 1.76. The van der Waals surface area contributed by atoms with Crippen molar-refractivity contribution in [2.24, 2.45) is 0 Å². The first kappa shape index (κ1) is 10.4. The van der Waals surface area contributed by atoms with Gasteiger partial charge in [-0.3, -0.25) is 0 Å². The van der Waals surface area contributed by atoms with Gasteiger partial charge in [0.15, 0.2) is 11.3 Å². The highest BCUT2D eigenvalue weighted by Crippen LogP contribution is 2.30. The lowest BCUT2D eigenvalue weighted by Gasteiger charge is -2.01. The Hall–Kier alpha value is -1.79. The molecule has 0 saturated carbocycles. The molecule has 0 spiro atoms. The number of aromatic nitrogens is 1. The maximum atomic E-state index is 9.04. The van der Waals surface area contributed by atoms with Crippen molar-refractivity contribution in [3.05, 3.63) is 36.2 Å². The summed E-state index contributed by atoms with van der Waals surface area (Å²) in [6.07, 6.45) is 1.62. The van der Waals surface area contributed by atoms with Crippen molar-refractivity contribution >= 4 is 24.0 Å². The molecule has 0 fully saturated rings. The van der Waals surface area contributed by atoms with Crippen molar-refractivity contribution in [2.75, 3.05) is 6.61 Å². The summed E-state index contributed by atoms with van der Waals surface area (Å²) >= 11 is 0. The number of hydrogen-bond acceptors (Lipinski definition) is 5. The molecule has 0 bridgehead atoms. The first-order valence-corrected chi connectivity index (χ1v) is 5.31. The SMILES string of the molecule is OB(O)C1C=C(c2nc3ccccc3o2)OC1. The van der Waals surface area contributed by atoms with Crippen LogP contribution in [0.5, 0.6) is 0 Å². The minimum atomic E-state index is -1.42. The summed E-state index contributed by atoms with van der Waals surface area (Å²) in [7, 11) is -1.42. The number of ether oxygens (including phenoxy) is 1. The maximum absolute atomic E-state index is 9.04. The molecule has 0 saturated heterocycles. The molecule has 1 aliphatic rings. The first-order valence-electron chi connectivity index (χ1n) is 5.31. The maximum Gasteiger partial charge on any atom is 0.462 e. The predicted molar refractivity (Wildman–Crippen MR) is 61.9 cm³/mol. The van der Waals surface area contributed by atoms with Crippen molar-refractivity contribution in [1.82, 2.24) is 4.98 Å². The van der Waals surface area contributed by atoms with Gasteiger partial charge in [-0.2, -0.15) is 0 Å². The van der Waals surface area contributed by atoms with Crippen LogP contribution in [0.1, 0.15) is 5.89 Å². The zero-order valence-electron chi connectivity index (χ0n) is 8.91. The number of benzene rings is 1. The van der Waals surface area contributed by atoms with Gasteiger partial charge in [0.2, 0.25) is 0 Å². The largest absolute Gasteiger partial charge is 0.488 e. The molecular weight excluding hydrogens is 221 g/mol. The third-order valence-electron chi connectivity index (χ3n) is 2.68. The Balaban J connectivity index is 1.97. The number of hydrogen-bond donors (Lipinski definition) is 2. The second kappa shape index (κ2) is 3.90. The van der Waals surface area contributed by atoms with Crippen molar-refractivity contribution in [3.8, 4) is 0 Å². The van der Waals surface area contributed by atoms with Gasteiger partial charge in [0.05, 0.1) is 6.61 Å². The average molecular weight is 231 g/mol. The van der Waals surface area contributed by atoms with Crippen LogP contribution in [0.3, 0.4) is 0 Å². The number of oxazole rings is 1. The van der Waals surface area contributed by atoms with E-state index in [0.29, 0.717) is 17.2 Å². The van der Waals surface area contributed by atoms with Gasteiger partial charge in [-0.1, -0.05) is 12.1 Å². The molecule has 1 atom stereocenters. The molecule has 17 heavy (non-hydrogen) atoms. The molecule has 2 heterocycles. The topological polar surface area (TPSA) is 75.7 Å². The van der Waals surface area contributed by atoms with E-state index < -0.39 is 12.9 Å². The van der Waals surface area contributed by atoms with Crippen LogP contribution < -0.4 is 0 Å². The third-order valence-corrected chi connectivity index (χ3v) is 2.68. The van der Waals surface area contributed by atoms with Crippen LogP contribution in [0.4, 0.5) is 0 Å². The molecule has 1 aromatic heterocycles. The third kappa shape index (κ3) is 1.81. The Morgan fingerprint density at radius 2 is 2.12 bits per heavy atom. The van der Waals surface area contributed by atoms with Gasteiger partial charge in [-0.25, -0.2) is 4.98 Å². The quantitative estimate of drug-likeness (QED) is 0.755. The van der Waals surface area contributed by atoms with Crippen LogP contribution >= 0.6 is 0 Å².